The van der Waals surface area contributed by atoms with Crippen molar-refractivity contribution < 1.29 is 4.79 Å². The average Bonchev–Trinajstić information content (AvgIpc) is 2.81. The third-order valence-corrected chi connectivity index (χ3v) is 2.67. The van der Waals surface area contributed by atoms with E-state index in [2.05, 4.69) is 15.7 Å². The Balaban J connectivity index is 2.21. The Labute approximate surface area is 96.3 Å². The second-order valence-corrected chi connectivity index (χ2v) is 3.88. The standard InChI is InChI=1S/C10H10N4OS/c11-14-8-4-2-1-3-7(8)9(15)13-10-12-5-6-16-10/h1-6,14H,11H2,(H,12,13,15). The Morgan fingerprint density at radius 3 is 2.88 bits per heavy atom. The number of para-hydroxylation sites is 1. The predicted molar refractivity (Wildman–Crippen MR) is 64.3 cm³/mol. The number of thiazole rings is 1. The second kappa shape index (κ2) is 4.73. The zero-order valence-corrected chi connectivity index (χ0v) is 9.12. The Hall–Kier alpha value is -1.92. The molecule has 0 fully saturated rings. The van der Waals surface area contributed by atoms with Gasteiger partial charge in [0.05, 0.1) is 11.3 Å². The van der Waals surface area contributed by atoms with Gasteiger partial charge in [0.2, 0.25) is 0 Å². The number of benzene rings is 1. The summed E-state index contributed by atoms with van der Waals surface area (Å²) in [6, 6.07) is 7.00. The highest BCUT2D eigenvalue weighted by molar-refractivity contribution is 7.13. The molecule has 0 unspecified atom stereocenters. The van der Waals surface area contributed by atoms with E-state index in [0.717, 1.165) is 0 Å². The van der Waals surface area contributed by atoms with Crippen molar-refractivity contribution in [2.45, 2.75) is 0 Å². The number of amides is 1. The van der Waals surface area contributed by atoms with Crippen LogP contribution in [0, 0.1) is 0 Å². The third kappa shape index (κ3) is 2.18. The van der Waals surface area contributed by atoms with Crippen molar-refractivity contribution in [2.75, 3.05) is 10.7 Å². The first kappa shape index (κ1) is 10.6. The van der Waals surface area contributed by atoms with Crippen LogP contribution in [-0.4, -0.2) is 10.9 Å². The molecule has 1 heterocycles. The molecular weight excluding hydrogens is 224 g/mol. The number of hydrogen-bond acceptors (Lipinski definition) is 5. The molecule has 0 aliphatic heterocycles. The fourth-order valence-electron chi connectivity index (χ4n) is 1.26. The summed E-state index contributed by atoms with van der Waals surface area (Å²) in [5.74, 6) is 5.09. The smallest absolute Gasteiger partial charge is 0.259 e. The zero-order valence-electron chi connectivity index (χ0n) is 8.31. The number of hydrogen-bond donors (Lipinski definition) is 3. The van der Waals surface area contributed by atoms with Crippen molar-refractivity contribution in [1.82, 2.24) is 4.98 Å². The van der Waals surface area contributed by atoms with Crippen LogP contribution in [0.1, 0.15) is 10.4 Å². The van der Waals surface area contributed by atoms with E-state index in [1.165, 1.54) is 11.3 Å². The van der Waals surface area contributed by atoms with E-state index >= 15 is 0 Å². The number of nitrogen functional groups attached to an aromatic ring is 1. The quantitative estimate of drug-likeness (QED) is 0.557. The molecule has 0 spiro atoms. The number of carbonyl (C=O) groups is 1. The Bertz CT molecular complexity index is 483. The fraction of sp³-hybridized carbons (Fsp3) is 0. The topological polar surface area (TPSA) is 80.0 Å². The lowest BCUT2D eigenvalue weighted by Crippen LogP contribution is -2.16. The number of anilines is 2. The van der Waals surface area contributed by atoms with Crippen LogP contribution >= 0.6 is 11.3 Å². The second-order valence-electron chi connectivity index (χ2n) is 2.98. The van der Waals surface area contributed by atoms with Gasteiger partial charge in [0.25, 0.3) is 5.91 Å². The molecule has 0 radical (unpaired) electrons. The highest BCUT2D eigenvalue weighted by Gasteiger charge is 2.10. The zero-order chi connectivity index (χ0) is 11.4. The molecule has 1 aromatic heterocycles. The summed E-state index contributed by atoms with van der Waals surface area (Å²) in [5.41, 5.74) is 3.54. The van der Waals surface area contributed by atoms with Crippen LogP contribution in [0.4, 0.5) is 10.8 Å². The summed E-state index contributed by atoms with van der Waals surface area (Å²) >= 11 is 1.36. The van der Waals surface area contributed by atoms with Crippen LogP contribution in [0.3, 0.4) is 0 Å². The summed E-state index contributed by atoms with van der Waals surface area (Å²) in [4.78, 5) is 15.8. The first-order chi connectivity index (χ1) is 7.81. The molecule has 6 heteroatoms. The molecule has 1 amide bonds. The molecule has 5 nitrogen and oxygen atoms in total. The van der Waals surface area contributed by atoms with Gasteiger partial charge < -0.3 is 5.43 Å². The number of nitrogens with one attached hydrogen (secondary N) is 2. The molecule has 2 aromatic rings. The van der Waals surface area contributed by atoms with Crippen molar-refractivity contribution in [2.24, 2.45) is 5.84 Å². The van der Waals surface area contributed by atoms with Gasteiger partial charge in [-0.05, 0) is 12.1 Å². The number of nitrogens with zero attached hydrogens (tertiary/aromatic N) is 1. The first-order valence-corrected chi connectivity index (χ1v) is 5.45. The van der Waals surface area contributed by atoms with Crippen LogP contribution in [0.5, 0.6) is 0 Å². The molecule has 2 rings (SSSR count). The van der Waals surface area contributed by atoms with Crippen LogP contribution < -0.4 is 16.6 Å². The van der Waals surface area contributed by atoms with E-state index in [1.807, 2.05) is 0 Å². The molecule has 82 valence electrons. The van der Waals surface area contributed by atoms with Gasteiger partial charge in [0.15, 0.2) is 5.13 Å². The van der Waals surface area contributed by atoms with Gasteiger partial charge in [-0.2, -0.15) is 0 Å². The van der Waals surface area contributed by atoms with Gasteiger partial charge in [-0.15, -0.1) is 11.3 Å². The maximum Gasteiger partial charge on any atom is 0.259 e. The number of nitrogens with two attached hydrogens (primary N) is 1. The van der Waals surface area contributed by atoms with Gasteiger partial charge in [-0.3, -0.25) is 16.0 Å². The van der Waals surface area contributed by atoms with Gasteiger partial charge in [0.1, 0.15) is 0 Å². The molecule has 1 aromatic carbocycles. The van der Waals surface area contributed by atoms with Gasteiger partial charge in [-0.1, -0.05) is 12.1 Å². The van der Waals surface area contributed by atoms with E-state index in [-0.39, 0.29) is 5.91 Å². The monoisotopic (exact) mass is 234 g/mol. The molecule has 16 heavy (non-hydrogen) atoms. The molecule has 0 aliphatic carbocycles. The largest absolute Gasteiger partial charge is 0.323 e. The molecular formula is C10H10N4OS. The van der Waals surface area contributed by atoms with Gasteiger partial charge >= 0.3 is 0 Å². The molecule has 0 aliphatic rings. The van der Waals surface area contributed by atoms with E-state index in [0.29, 0.717) is 16.4 Å². The van der Waals surface area contributed by atoms with E-state index < -0.39 is 0 Å². The molecule has 0 saturated carbocycles. The van der Waals surface area contributed by atoms with Crippen molar-refractivity contribution >= 4 is 28.1 Å². The van der Waals surface area contributed by atoms with Crippen LogP contribution in [0.15, 0.2) is 35.8 Å². The van der Waals surface area contributed by atoms with E-state index in [4.69, 9.17) is 5.84 Å². The number of aromatic nitrogens is 1. The Morgan fingerprint density at radius 2 is 2.19 bits per heavy atom. The lowest BCUT2D eigenvalue weighted by Gasteiger charge is -2.07. The van der Waals surface area contributed by atoms with Crippen molar-refractivity contribution in [3.63, 3.8) is 0 Å². The Kier molecular flexibility index (Phi) is 3.13. The SMILES string of the molecule is NNc1ccccc1C(=O)Nc1nccs1. The van der Waals surface area contributed by atoms with Crippen molar-refractivity contribution in [1.29, 1.82) is 0 Å². The van der Waals surface area contributed by atoms with E-state index in [9.17, 15) is 4.79 Å². The number of hydrazine groups is 1. The summed E-state index contributed by atoms with van der Waals surface area (Å²) in [5, 5.41) is 5.05. The molecule has 4 N–H and O–H groups in total. The summed E-state index contributed by atoms with van der Waals surface area (Å²) in [6.07, 6.45) is 1.63. The number of rotatable bonds is 3. The summed E-state index contributed by atoms with van der Waals surface area (Å²) < 4.78 is 0. The minimum atomic E-state index is -0.233. The normalized spacial score (nSPS) is 9.81. The molecule has 0 atom stereocenters. The lowest BCUT2D eigenvalue weighted by atomic mass is 10.1. The minimum absolute atomic E-state index is 0.233. The number of carbonyl (C=O) groups excluding carboxylic acids is 1. The van der Waals surface area contributed by atoms with Crippen LogP contribution in [-0.2, 0) is 0 Å². The van der Waals surface area contributed by atoms with Crippen molar-refractivity contribution in [3.8, 4) is 0 Å². The van der Waals surface area contributed by atoms with Crippen LogP contribution in [0.25, 0.3) is 0 Å². The molecule has 0 bridgehead atoms. The van der Waals surface area contributed by atoms with Crippen molar-refractivity contribution in [3.05, 3.63) is 41.4 Å². The third-order valence-electron chi connectivity index (χ3n) is 1.98. The maximum absolute atomic E-state index is 11.9. The minimum Gasteiger partial charge on any atom is -0.323 e. The fourth-order valence-corrected chi connectivity index (χ4v) is 1.78. The maximum atomic E-state index is 11.9. The first-order valence-electron chi connectivity index (χ1n) is 4.58. The summed E-state index contributed by atoms with van der Waals surface area (Å²) in [7, 11) is 0. The Morgan fingerprint density at radius 1 is 1.38 bits per heavy atom. The molecule has 0 saturated heterocycles. The highest BCUT2D eigenvalue weighted by Crippen LogP contribution is 2.17. The average molecular weight is 234 g/mol. The van der Waals surface area contributed by atoms with E-state index in [1.54, 1.807) is 35.8 Å². The lowest BCUT2D eigenvalue weighted by molar-refractivity contribution is 0.102. The predicted octanol–water partition coefficient (Wildman–Crippen LogP) is 1.68. The summed E-state index contributed by atoms with van der Waals surface area (Å²) in [6.45, 7) is 0. The van der Waals surface area contributed by atoms with Crippen LogP contribution in [0.2, 0.25) is 0 Å². The highest BCUT2D eigenvalue weighted by atomic mass is 32.1. The van der Waals surface area contributed by atoms with Gasteiger partial charge in [0, 0.05) is 11.6 Å². The van der Waals surface area contributed by atoms with Gasteiger partial charge in [-0.25, -0.2) is 4.98 Å².